The first kappa shape index (κ1) is 14.4. The van der Waals surface area contributed by atoms with Crippen LogP contribution < -0.4 is 0 Å². The van der Waals surface area contributed by atoms with Gasteiger partial charge in [-0.05, 0) is 30.9 Å². The Morgan fingerprint density at radius 2 is 1.88 bits per heavy atom. The molecule has 1 aliphatic carbocycles. The van der Waals surface area contributed by atoms with Crippen molar-refractivity contribution in [2.45, 2.75) is 77.2 Å². The van der Waals surface area contributed by atoms with Gasteiger partial charge in [-0.2, -0.15) is 0 Å². The monoisotopic (exact) mass is 238 g/mol. The van der Waals surface area contributed by atoms with Gasteiger partial charge in [0.1, 0.15) is 0 Å². The number of rotatable bonds is 8. The summed E-state index contributed by atoms with van der Waals surface area (Å²) in [6.45, 7) is 2.22. The third-order valence-corrected chi connectivity index (χ3v) is 3.46. The topological polar surface area (TPSA) is 37.3 Å². The molecule has 1 unspecified atom stereocenters. The molecule has 1 aliphatic rings. The Balaban J connectivity index is 2.08. The molecule has 1 saturated carbocycles. The zero-order valence-electron chi connectivity index (χ0n) is 11.1. The van der Waals surface area contributed by atoms with Crippen molar-refractivity contribution in [2.24, 2.45) is 0 Å². The van der Waals surface area contributed by atoms with Crippen LogP contribution in [0.25, 0.3) is 0 Å². The lowest BCUT2D eigenvalue weighted by Gasteiger charge is -2.06. The van der Waals surface area contributed by atoms with Crippen molar-refractivity contribution in [3.05, 3.63) is 11.6 Å². The fourth-order valence-electron chi connectivity index (χ4n) is 2.37. The van der Waals surface area contributed by atoms with E-state index in [1.165, 1.54) is 32.1 Å². The lowest BCUT2D eigenvalue weighted by atomic mass is 10.0. The largest absolute Gasteiger partial charge is 0.389 e. The molecular weight excluding hydrogens is 212 g/mol. The molecular formula is C15H26O2. The molecule has 0 aromatic heterocycles. The van der Waals surface area contributed by atoms with Crippen LogP contribution in [0.5, 0.6) is 0 Å². The molecule has 0 radical (unpaired) electrons. The number of hydrogen-bond acceptors (Lipinski definition) is 2. The zero-order valence-corrected chi connectivity index (χ0v) is 11.1. The van der Waals surface area contributed by atoms with Gasteiger partial charge in [0.05, 0.1) is 6.10 Å². The summed E-state index contributed by atoms with van der Waals surface area (Å²) in [5, 5.41) is 9.80. The minimum Gasteiger partial charge on any atom is -0.389 e. The van der Waals surface area contributed by atoms with Gasteiger partial charge in [-0.25, -0.2) is 0 Å². The van der Waals surface area contributed by atoms with Crippen LogP contribution in [0, 0.1) is 0 Å². The quantitative estimate of drug-likeness (QED) is 0.516. The highest BCUT2D eigenvalue weighted by atomic mass is 16.3. The summed E-state index contributed by atoms with van der Waals surface area (Å²) in [5.74, 6) is 0.243. The van der Waals surface area contributed by atoms with Crippen LogP contribution >= 0.6 is 0 Å². The van der Waals surface area contributed by atoms with Crippen molar-refractivity contribution in [1.82, 2.24) is 0 Å². The Labute approximate surface area is 105 Å². The maximum atomic E-state index is 11.4. The number of allylic oxidation sites excluding steroid dienone is 1. The number of aliphatic hydroxyl groups excluding tert-OH is 1. The number of carbonyl (C=O) groups excluding carboxylic acids is 1. The van der Waals surface area contributed by atoms with E-state index in [1.807, 2.05) is 0 Å². The predicted molar refractivity (Wildman–Crippen MR) is 70.9 cm³/mol. The molecule has 0 bridgehead atoms. The summed E-state index contributed by atoms with van der Waals surface area (Å²) in [7, 11) is 0. The van der Waals surface area contributed by atoms with Crippen molar-refractivity contribution < 1.29 is 9.90 Å². The van der Waals surface area contributed by atoms with E-state index in [0.29, 0.717) is 6.42 Å². The molecule has 1 fully saturated rings. The Kier molecular flexibility index (Phi) is 7.18. The Morgan fingerprint density at radius 1 is 1.18 bits per heavy atom. The molecule has 0 aliphatic heterocycles. The number of Topliss-reactive ketones (excluding diaryl/α,β-unsaturated/α-hetero) is 1. The molecule has 0 aromatic carbocycles. The number of aliphatic hydroxyl groups is 1. The standard InChI is InChI=1S/C15H26O2/c1-2-3-4-5-6-7-10-14(16)12-13-9-8-11-15(13)17/h12,14,16H,2-11H2,1H3/b13-12-. The molecule has 0 spiro atoms. The fraction of sp³-hybridized carbons (Fsp3) is 0.800. The zero-order chi connectivity index (χ0) is 12.5. The summed E-state index contributed by atoms with van der Waals surface area (Å²) < 4.78 is 0. The van der Waals surface area contributed by atoms with Gasteiger partial charge < -0.3 is 5.11 Å². The lowest BCUT2D eigenvalue weighted by Crippen LogP contribution is -2.05. The van der Waals surface area contributed by atoms with Crippen LogP contribution in [0.4, 0.5) is 0 Å². The maximum Gasteiger partial charge on any atom is 0.158 e. The maximum absolute atomic E-state index is 11.4. The molecule has 0 amide bonds. The second kappa shape index (κ2) is 8.46. The van der Waals surface area contributed by atoms with Crippen molar-refractivity contribution in [2.75, 3.05) is 0 Å². The first-order valence-electron chi connectivity index (χ1n) is 7.16. The fourth-order valence-corrected chi connectivity index (χ4v) is 2.37. The van der Waals surface area contributed by atoms with Gasteiger partial charge in [-0.15, -0.1) is 0 Å². The van der Waals surface area contributed by atoms with Crippen molar-refractivity contribution in [1.29, 1.82) is 0 Å². The molecule has 1 N–H and O–H groups in total. The summed E-state index contributed by atoms with van der Waals surface area (Å²) in [6, 6.07) is 0. The third-order valence-electron chi connectivity index (χ3n) is 3.46. The average molecular weight is 238 g/mol. The van der Waals surface area contributed by atoms with E-state index in [1.54, 1.807) is 6.08 Å². The Hall–Kier alpha value is -0.630. The lowest BCUT2D eigenvalue weighted by molar-refractivity contribution is -0.114. The molecule has 1 rings (SSSR count). The van der Waals surface area contributed by atoms with Gasteiger partial charge in [-0.1, -0.05) is 45.4 Å². The Bertz CT molecular complexity index is 256. The molecule has 1 atom stereocenters. The van der Waals surface area contributed by atoms with E-state index in [4.69, 9.17) is 0 Å². The molecule has 17 heavy (non-hydrogen) atoms. The second-order valence-electron chi connectivity index (χ2n) is 5.09. The van der Waals surface area contributed by atoms with Crippen LogP contribution in [-0.4, -0.2) is 17.0 Å². The summed E-state index contributed by atoms with van der Waals surface area (Å²) >= 11 is 0. The predicted octanol–water partition coefficient (Wildman–Crippen LogP) is 3.78. The molecule has 2 nitrogen and oxygen atoms in total. The average Bonchev–Trinajstić information content (AvgIpc) is 2.69. The second-order valence-corrected chi connectivity index (χ2v) is 5.09. The highest BCUT2D eigenvalue weighted by molar-refractivity contribution is 5.97. The van der Waals surface area contributed by atoms with Crippen LogP contribution in [0.1, 0.15) is 71.1 Å². The smallest absolute Gasteiger partial charge is 0.158 e. The van der Waals surface area contributed by atoms with Gasteiger partial charge in [0.15, 0.2) is 5.78 Å². The van der Waals surface area contributed by atoms with E-state index >= 15 is 0 Å². The van der Waals surface area contributed by atoms with Crippen molar-refractivity contribution in [3.8, 4) is 0 Å². The van der Waals surface area contributed by atoms with Gasteiger partial charge in [0.2, 0.25) is 0 Å². The molecule has 0 aromatic rings. The first-order chi connectivity index (χ1) is 8.24. The molecule has 0 saturated heterocycles. The van der Waals surface area contributed by atoms with Gasteiger partial charge in [0.25, 0.3) is 0 Å². The van der Waals surface area contributed by atoms with Crippen LogP contribution in [0.2, 0.25) is 0 Å². The normalized spacial score (nSPS) is 20.1. The summed E-state index contributed by atoms with van der Waals surface area (Å²) in [5.41, 5.74) is 0.864. The van der Waals surface area contributed by atoms with Gasteiger partial charge >= 0.3 is 0 Å². The molecule has 98 valence electrons. The van der Waals surface area contributed by atoms with E-state index in [0.717, 1.165) is 31.3 Å². The molecule has 2 heteroatoms. The first-order valence-corrected chi connectivity index (χ1v) is 7.16. The third kappa shape index (κ3) is 6.02. The minimum absolute atomic E-state index is 0.243. The number of ketones is 1. The van der Waals surface area contributed by atoms with Crippen LogP contribution in [0.3, 0.4) is 0 Å². The van der Waals surface area contributed by atoms with Gasteiger partial charge in [-0.3, -0.25) is 4.79 Å². The van der Waals surface area contributed by atoms with E-state index in [-0.39, 0.29) is 5.78 Å². The highest BCUT2D eigenvalue weighted by Gasteiger charge is 2.17. The van der Waals surface area contributed by atoms with Crippen LogP contribution in [0.15, 0.2) is 11.6 Å². The molecule has 0 heterocycles. The van der Waals surface area contributed by atoms with Crippen molar-refractivity contribution >= 4 is 5.78 Å². The number of unbranched alkanes of at least 4 members (excludes halogenated alkanes) is 5. The Morgan fingerprint density at radius 3 is 2.53 bits per heavy atom. The number of carbonyl (C=O) groups is 1. The van der Waals surface area contributed by atoms with E-state index in [2.05, 4.69) is 6.92 Å². The minimum atomic E-state index is -0.404. The van der Waals surface area contributed by atoms with E-state index in [9.17, 15) is 9.90 Å². The number of hydrogen-bond donors (Lipinski definition) is 1. The van der Waals surface area contributed by atoms with Crippen molar-refractivity contribution in [3.63, 3.8) is 0 Å². The highest BCUT2D eigenvalue weighted by Crippen LogP contribution is 2.21. The van der Waals surface area contributed by atoms with Gasteiger partial charge in [0, 0.05) is 6.42 Å². The summed E-state index contributed by atoms with van der Waals surface area (Å²) in [4.78, 5) is 11.4. The SMILES string of the molecule is CCCCCCCCC(O)/C=C1/CCCC1=O. The summed E-state index contributed by atoms with van der Waals surface area (Å²) in [6.07, 6.45) is 12.2. The van der Waals surface area contributed by atoms with E-state index < -0.39 is 6.10 Å². The van der Waals surface area contributed by atoms with Crippen LogP contribution in [-0.2, 0) is 4.79 Å².